The highest BCUT2D eigenvalue weighted by Gasteiger charge is 2.25. The van der Waals surface area contributed by atoms with Gasteiger partial charge in [-0.2, -0.15) is 0 Å². The third-order valence-corrected chi connectivity index (χ3v) is 5.11. The van der Waals surface area contributed by atoms with Crippen molar-refractivity contribution in [2.75, 3.05) is 44.7 Å². The van der Waals surface area contributed by atoms with E-state index in [1.54, 1.807) is 4.90 Å². The minimum atomic E-state index is 0.135. The number of amides is 1. The number of hydrogen-bond donors (Lipinski definition) is 0. The fraction of sp³-hybridized carbons (Fsp3) is 0.579. The van der Waals surface area contributed by atoms with E-state index in [2.05, 4.69) is 21.9 Å². The van der Waals surface area contributed by atoms with Gasteiger partial charge in [0.1, 0.15) is 6.29 Å². The van der Waals surface area contributed by atoms with Gasteiger partial charge in [0.15, 0.2) is 0 Å². The number of nitrogens with zero attached hydrogens (tertiary/aromatic N) is 3. The standard InChI is InChI=1S/C19H27N3O2/c1-20-15-16-14-17(6-7-18(16)19(20)24)22-11-9-21(10-12-22)8-4-2-3-5-13-23/h6-7,13-14H,2-5,8-12,15H2,1H3. The van der Waals surface area contributed by atoms with Crippen molar-refractivity contribution < 1.29 is 9.59 Å². The van der Waals surface area contributed by atoms with Crippen LogP contribution in [0.2, 0.25) is 0 Å². The summed E-state index contributed by atoms with van der Waals surface area (Å²) >= 11 is 0. The number of carbonyl (C=O) groups is 2. The van der Waals surface area contributed by atoms with Crippen LogP contribution in [0, 0.1) is 0 Å². The first-order chi connectivity index (χ1) is 11.7. The van der Waals surface area contributed by atoms with Crippen LogP contribution in [0.4, 0.5) is 5.69 Å². The van der Waals surface area contributed by atoms with Crippen LogP contribution < -0.4 is 4.90 Å². The number of hydrogen-bond acceptors (Lipinski definition) is 4. The summed E-state index contributed by atoms with van der Waals surface area (Å²) in [7, 11) is 1.86. The van der Waals surface area contributed by atoms with E-state index in [-0.39, 0.29) is 5.91 Å². The molecule has 1 aromatic rings. The number of aldehydes is 1. The second-order valence-electron chi connectivity index (χ2n) is 6.85. The molecule has 0 bridgehead atoms. The SMILES string of the molecule is CN1Cc2cc(N3CCN(CCCCCC=O)CC3)ccc2C1=O. The van der Waals surface area contributed by atoms with Gasteiger partial charge in [-0.15, -0.1) is 0 Å². The molecule has 2 aliphatic rings. The molecule has 3 rings (SSSR count). The summed E-state index contributed by atoms with van der Waals surface area (Å²) < 4.78 is 0. The zero-order valence-electron chi connectivity index (χ0n) is 14.5. The van der Waals surface area contributed by atoms with Crippen LogP contribution in [-0.4, -0.2) is 61.8 Å². The minimum absolute atomic E-state index is 0.135. The molecule has 0 radical (unpaired) electrons. The topological polar surface area (TPSA) is 43.9 Å². The van der Waals surface area contributed by atoms with Crippen LogP contribution in [0.5, 0.6) is 0 Å². The predicted octanol–water partition coefficient (Wildman–Crippen LogP) is 2.15. The van der Waals surface area contributed by atoms with Crippen molar-refractivity contribution in [3.63, 3.8) is 0 Å². The van der Waals surface area contributed by atoms with Gasteiger partial charge in [0.25, 0.3) is 5.91 Å². The van der Waals surface area contributed by atoms with Crippen LogP contribution in [0.1, 0.15) is 41.6 Å². The Kier molecular flexibility index (Phi) is 5.51. The van der Waals surface area contributed by atoms with Gasteiger partial charge in [0.2, 0.25) is 0 Å². The van der Waals surface area contributed by atoms with E-state index >= 15 is 0 Å². The lowest BCUT2D eigenvalue weighted by atomic mass is 10.1. The molecule has 24 heavy (non-hydrogen) atoms. The van der Waals surface area contributed by atoms with Gasteiger partial charge >= 0.3 is 0 Å². The molecular formula is C19H27N3O2. The monoisotopic (exact) mass is 329 g/mol. The van der Waals surface area contributed by atoms with Crippen LogP contribution in [0.25, 0.3) is 0 Å². The Morgan fingerprint density at radius 1 is 1.08 bits per heavy atom. The summed E-state index contributed by atoms with van der Waals surface area (Å²) in [6, 6.07) is 6.26. The highest BCUT2D eigenvalue weighted by atomic mass is 16.2. The predicted molar refractivity (Wildman–Crippen MR) is 95.4 cm³/mol. The molecule has 1 aromatic carbocycles. The molecule has 130 valence electrons. The van der Waals surface area contributed by atoms with E-state index in [4.69, 9.17) is 0 Å². The molecule has 1 fully saturated rings. The first kappa shape index (κ1) is 17.0. The number of piperazine rings is 1. The van der Waals surface area contributed by atoms with Gasteiger partial charge in [-0.05, 0) is 43.1 Å². The van der Waals surface area contributed by atoms with Crippen molar-refractivity contribution in [3.05, 3.63) is 29.3 Å². The van der Waals surface area contributed by atoms with Crippen LogP contribution in [0.3, 0.4) is 0 Å². The first-order valence-electron chi connectivity index (χ1n) is 8.98. The number of fused-ring (bicyclic) bond motifs is 1. The number of rotatable bonds is 7. The molecule has 2 heterocycles. The molecule has 0 aromatic heterocycles. The lowest BCUT2D eigenvalue weighted by Crippen LogP contribution is -2.46. The van der Waals surface area contributed by atoms with Gasteiger partial charge in [0.05, 0.1) is 0 Å². The molecular weight excluding hydrogens is 302 g/mol. The number of unbranched alkanes of at least 4 members (excludes halogenated alkanes) is 3. The molecule has 0 aliphatic carbocycles. The summed E-state index contributed by atoms with van der Waals surface area (Å²) in [5.74, 6) is 0.135. The molecule has 0 saturated carbocycles. The van der Waals surface area contributed by atoms with E-state index in [0.29, 0.717) is 6.42 Å². The third-order valence-electron chi connectivity index (χ3n) is 5.11. The Balaban J connectivity index is 1.48. The molecule has 0 N–H and O–H groups in total. The van der Waals surface area contributed by atoms with Crippen molar-refractivity contribution in [2.24, 2.45) is 0 Å². The third kappa shape index (κ3) is 3.78. The molecule has 1 saturated heterocycles. The van der Waals surface area contributed by atoms with Crippen molar-refractivity contribution in [1.29, 1.82) is 0 Å². The Morgan fingerprint density at radius 2 is 1.88 bits per heavy atom. The largest absolute Gasteiger partial charge is 0.369 e. The molecule has 5 nitrogen and oxygen atoms in total. The summed E-state index contributed by atoms with van der Waals surface area (Å²) in [6.07, 6.45) is 5.06. The second-order valence-corrected chi connectivity index (χ2v) is 6.85. The molecule has 0 spiro atoms. The summed E-state index contributed by atoms with van der Waals surface area (Å²) in [6.45, 7) is 6.11. The summed E-state index contributed by atoms with van der Waals surface area (Å²) in [5.41, 5.74) is 3.25. The fourth-order valence-electron chi connectivity index (χ4n) is 3.62. The molecule has 0 atom stereocenters. The van der Waals surface area contributed by atoms with Gasteiger partial charge in [-0.1, -0.05) is 6.42 Å². The average Bonchev–Trinajstić information content (AvgIpc) is 2.89. The highest BCUT2D eigenvalue weighted by molar-refractivity contribution is 5.98. The zero-order chi connectivity index (χ0) is 16.9. The quantitative estimate of drug-likeness (QED) is 0.568. The number of anilines is 1. The van der Waals surface area contributed by atoms with Crippen LogP contribution in [-0.2, 0) is 11.3 Å². The van der Waals surface area contributed by atoms with Crippen LogP contribution in [0.15, 0.2) is 18.2 Å². The van der Waals surface area contributed by atoms with Gasteiger partial charge < -0.3 is 14.6 Å². The van der Waals surface area contributed by atoms with E-state index in [9.17, 15) is 9.59 Å². The van der Waals surface area contributed by atoms with E-state index in [1.807, 2.05) is 13.1 Å². The van der Waals surface area contributed by atoms with Gasteiger partial charge in [0, 0.05) is 57.4 Å². The summed E-state index contributed by atoms with van der Waals surface area (Å²) in [5, 5.41) is 0. The van der Waals surface area contributed by atoms with Crippen molar-refractivity contribution in [2.45, 2.75) is 32.2 Å². The maximum atomic E-state index is 12.0. The van der Waals surface area contributed by atoms with Crippen molar-refractivity contribution >= 4 is 17.9 Å². The number of benzene rings is 1. The van der Waals surface area contributed by atoms with E-state index in [1.165, 1.54) is 12.1 Å². The Labute approximate surface area is 144 Å². The Hall–Kier alpha value is -1.88. The van der Waals surface area contributed by atoms with Gasteiger partial charge in [-0.3, -0.25) is 9.69 Å². The lowest BCUT2D eigenvalue weighted by molar-refractivity contribution is -0.107. The molecule has 5 heteroatoms. The fourth-order valence-corrected chi connectivity index (χ4v) is 3.62. The first-order valence-corrected chi connectivity index (χ1v) is 8.98. The smallest absolute Gasteiger partial charge is 0.254 e. The maximum Gasteiger partial charge on any atom is 0.254 e. The van der Waals surface area contributed by atoms with Gasteiger partial charge in [-0.25, -0.2) is 0 Å². The molecule has 1 amide bonds. The minimum Gasteiger partial charge on any atom is -0.369 e. The Bertz CT molecular complexity index is 594. The second kappa shape index (κ2) is 7.79. The van der Waals surface area contributed by atoms with Crippen molar-refractivity contribution in [1.82, 2.24) is 9.80 Å². The zero-order valence-corrected chi connectivity index (χ0v) is 14.5. The molecule has 2 aliphatic heterocycles. The Morgan fingerprint density at radius 3 is 2.62 bits per heavy atom. The normalized spacial score (nSPS) is 18.1. The van der Waals surface area contributed by atoms with Crippen molar-refractivity contribution in [3.8, 4) is 0 Å². The molecule has 0 unspecified atom stereocenters. The lowest BCUT2D eigenvalue weighted by Gasteiger charge is -2.36. The average molecular weight is 329 g/mol. The van der Waals surface area contributed by atoms with Crippen LogP contribution >= 0.6 is 0 Å². The van der Waals surface area contributed by atoms with E-state index in [0.717, 1.165) is 69.5 Å². The number of carbonyl (C=O) groups excluding carboxylic acids is 2. The highest BCUT2D eigenvalue weighted by Crippen LogP contribution is 2.27. The maximum absolute atomic E-state index is 12.0. The van der Waals surface area contributed by atoms with E-state index < -0.39 is 0 Å². The summed E-state index contributed by atoms with van der Waals surface area (Å²) in [4.78, 5) is 29.0.